The number of carbonyl (C=O) groups is 1. The first-order valence-electron chi connectivity index (χ1n) is 4.78. The zero-order chi connectivity index (χ0) is 12.1. The maximum absolute atomic E-state index is 11.3. The van der Waals surface area contributed by atoms with Gasteiger partial charge in [0.05, 0.1) is 12.7 Å². The van der Waals surface area contributed by atoms with Crippen LogP contribution in [-0.4, -0.2) is 18.2 Å². The van der Waals surface area contributed by atoms with E-state index in [0.717, 1.165) is 0 Å². The molecule has 0 aromatic heterocycles. The number of rotatable bonds is 3. The van der Waals surface area contributed by atoms with Gasteiger partial charge in [-0.25, -0.2) is 4.79 Å². The summed E-state index contributed by atoms with van der Waals surface area (Å²) in [5.41, 5.74) is 0.813. The second-order valence-electron chi connectivity index (χ2n) is 3.19. The first kappa shape index (κ1) is 12.7. The summed E-state index contributed by atoms with van der Waals surface area (Å²) in [6.07, 6.45) is 0.542. The van der Waals surface area contributed by atoms with Gasteiger partial charge in [0, 0.05) is 5.02 Å². The van der Waals surface area contributed by atoms with Crippen LogP contribution in [0.15, 0.2) is 35.9 Å². The van der Waals surface area contributed by atoms with Gasteiger partial charge in [-0.3, -0.25) is 0 Å². The van der Waals surface area contributed by atoms with Crippen molar-refractivity contribution in [2.45, 2.75) is 13.0 Å². The van der Waals surface area contributed by atoms with Crippen molar-refractivity contribution in [1.29, 1.82) is 0 Å². The van der Waals surface area contributed by atoms with Crippen LogP contribution in [0.2, 0.25) is 5.02 Å². The van der Waals surface area contributed by atoms with E-state index in [1.807, 2.05) is 0 Å². The van der Waals surface area contributed by atoms with Crippen LogP contribution in [-0.2, 0) is 9.53 Å². The van der Waals surface area contributed by atoms with Crippen LogP contribution in [0.5, 0.6) is 0 Å². The number of aliphatic hydroxyl groups is 1. The third-order valence-corrected chi connectivity index (χ3v) is 2.46. The molecule has 1 rings (SSSR count). The Balaban J connectivity index is 2.96. The Bertz CT molecular complexity index is 395. The number of hydrogen-bond donors (Lipinski definition) is 1. The highest BCUT2D eigenvalue weighted by atomic mass is 35.5. The zero-order valence-electron chi connectivity index (χ0n) is 9.11. The Hall–Kier alpha value is -1.32. The Kier molecular flexibility index (Phi) is 4.52. The molecule has 0 spiro atoms. The van der Waals surface area contributed by atoms with E-state index in [0.29, 0.717) is 10.6 Å². The van der Waals surface area contributed by atoms with Crippen LogP contribution in [0.25, 0.3) is 0 Å². The van der Waals surface area contributed by atoms with Gasteiger partial charge in [0.25, 0.3) is 0 Å². The summed E-state index contributed by atoms with van der Waals surface area (Å²) in [5.74, 6) is -0.537. The molecule has 0 radical (unpaired) electrons. The number of methoxy groups -OCH3 is 1. The van der Waals surface area contributed by atoms with Gasteiger partial charge >= 0.3 is 5.97 Å². The summed E-state index contributed by atoms with van der Waals surface area (Å²) in [5, 5.41) is 10.5. The molecule has 86 valence electrons. The molecular formula is C12H13ClO3. The lowest BCUT2D eigenvalue weighted by molar-refractivity contribution is -0.137. The quantitative estimate of drug-likeness (QED) is 0.652. The lowest BCUT2D eigenvalue weighted by Crippen LogP contribution is -2.12. The lowest BCUT2D eigenvalue weighted by Gasteiger charge is -2.13. The fourth-order valence-electron chi connectivity index (χ4n) is 1.33. The van der Waals surface area contributed by atoms with Gasteiger partial charge < -0.3 is 9.84 Å². The second-order valence-corrected chi connectivity index (χ2v) is 3.63. The predicted octanol–water partition coefficient (Wildman–Crippen LogP) is 2.49. The van der Waals surface area contributed by atoms with Gasteiger partial charge in [0.2, 0.25) is 0 Å². The number of halogens is 1. The van der Waals surface area contributed by atoms with Crippen molar-refractivity contribution in [3.63, 3.8) is 0 Å². The number of benzene rings is 1. The molecule has 0 aliphatic rings. The number of aliphatic hydroxyl groups excluding tert-OH is 1. The van der Waals surface area contributed by atoms with Crippen molar-refractivity contribution in [1.82, 2.24) is 0 Å². The van der Waals surface area contributed by atoms with Gasteiger partial charge in [-0.1, -0.05) is 29.8 Å². The third kappa shape index (κ3) is 2.84. The largest absolute Gasteiger partial charge is 0.466 e. The SMILES string of the molecule is C/C=C(/C(=O)OC)C(O)c1ccc(Cl)cc1. The average molecular weight is 241 g/mol. The van der Waals surface area contributed by atoms with E-state index in [-0.39, 0.29) is 5.57 Å². The molecule has 0 amide bonds. The highest BCUT2D eigenvalue weighted by Gasteiger charge is 2.19. The first-order valence-corrected chi connectivity index (χ1v) is 5.16. The number of hydrogen-bond acceptors (Lipinski definition) is 3. The van der Waals surface area contributed by atoms with E-state index in [1.165, 1.54) is 13.2 Å². The smallest absolute Gasteiger partial charge is 0.336 e. The average Bonchev–Trinajstić information content (AvgIpc) is 2.30. The van der Waals surface area contributed by atoms with E-state index in [1.54, 1.807) is 31.2 Å². The summed E-state index contributed by atoms with van der Waals surface area (Å²) in [6, 6.07) is 6.65. The summed E-state index contributed by atoms with van der Waals surface area (Å²) in [4.78, 5) is 11.3. The lowest BCUT2D eigenvalue weighted by atomic mass is 10.0. The summed E-state index contributed by atoms with van der Waals surface area (Å²) >= 11 is 5.73. The van der Waals surface area contributed by atoms with Crippen LogP contribution < -0.4 is 0 Å². The Morgan fingerprint density at radius 1 is 1.44 bits per heavy atom. The van der Waals surface area contributed by atoms with Crippen molar-refractivity contribution < 1.29 is 14.6 Å². The standard InChI is InChI=1S/C12H13ClO3/c1-3-10(12(15)16-2)11(14)8-4-6-9(13)7-5-8/h3-7,11,14H,1-2H3/b10-3+. The maximum Gasteiger partial charge on any atom is 0.336 e. The molecule has 0 saturated heterocycles. The molecule has 0 fully saturated rings. The molecule has 1 N–H and O–H groups in total. The summed E-state index contributed by atoms with van der Waals surface area (Å²) in [6.45, 7) is 1.67. The van der Waals surface area contributed by atoms with Gasteiger partial charge in [0.1, 0.15) is 6.10 Å². The van der Waals surface area contributed by atoms with Crippen LogP contribution >= 0.6 is 11.6 Å². The summed E-state index contributed by atoms with van der Waals surface area (Å²) < 4.78 is 4.58. The second kappa shape index (κ2) is 5.68. The number of carbonyl (C=O) groups excluding carboxylic acids is 1. The van der Waals surface area contributed by atoms with Gasteiger partial charge in [-0.15, -0.1) is 0 Å². The molecule has 3 nitrogen and oxygen atoms in total. The number of ether oxygens (including phenoxy) is 1. The van der Waals surface area contributed by atoms with Crippen LogP contribution in [0, 0.1) is 0 Å². The molecule has 1 aromatic carbocycles. The van der Waals surface area contributed by atoms with Gasteiger partial charge in [-0.05, 0) is 24.6 Å². The molecular weight excluding hydrogens is 228 g/mol. The first-order chi connectivity index (χ1) is 7.60. The molecule has 0 saturated carbocycles. The van der Waals surface area contributed by atoms with Gasteiger partial charge in [-0.2, -0.15) is 0 Å². The molecule has 1 unspecified atom stereocenters. The van der Waals surface area contributed by atoms with Crippen molar-refractivity contribution in [2.75, 3.05) is 7.11 Å². The van der Waals surface area contributed by atoms with Crippen molar-refractivity contribution in [3.05, 3.63) is 46.5 Å². The van der Waals surface area contributed by atoms with Crippen molar-refractivity contribution in [2.24, 2.45) is 0 Å². The van der Waals surface area contributed by atoms with E-state index < -0.39 is 12.1 Å². The van der Waals surface area contributed by atoms with Crippen LogP contribution in [0.1, 0.15) is 18.6 Å². The van der Waals surface area contributed by atoms with Crippen molar-refractivity contribution in [3.8, 4) is 0 Å². The molecule has 0 aliphatic heterocycles. The highest BCUT2D eigenvalue weighted by Crippen LogP contribution is 2.23. The number of esters is 1. The molecule has 4 heteroatoms. The monoisotopic (exact) mass is 240 g/mol. The van der Waals surface area contributed by atoms with E-state index >= 15 is 0 Å². The highest BCUT2D eigenvalue weighted by molar-refractivity contribution is 6.30. The van der Waals surface area contributed by atoms with Crippen molar-refractivity contribution >= 4 is 17.6 Å². The minimum Gasteiger partial charge on any atom is -0.466 e. The minimum absolute atomic E-state index is 0.213. The Labute approximate surface area is 99.3 Å². The number of allylic oxidation sites excluding steroid dienone is 1. The third-order valence-electron chi connectivity index (χ3n) is 2.21. The molecule has 1 aromatic rings. The fraction of sp³-hybridized carbons (Fsp3) is 0.250. The van der Waals surface area contributed by atoms with Gasteiger partial charge in [0.15, 0.2) is 0 Å². The molecule has 16 heavy (non-hydrogen) atoms. The van der Waals surface area contributed by atoms with E-state index in [9.17, 15) is 9.90 Å². The fourth-order valence-corrected chi connectivity index (χ4v) is 1.46. The predicted molar refractivity (Wildman–Crippen MR) is 62.2 cm³/mol. The molecule has 0 aliphatic carbocycles. The zero-order valence-corrected chi connectivity index (χ0v) is 9.86. The van der Waals surface area contributed by atoms with Crippen LogP contribution in [0.4, 0.5) is 0 Å². The summed E-state index contributed by atoms with van der Waals surface area (Å²) in [7, 11) is 1.28. The maximum atomic E-state index is 11.3. The molecule has 1 atom stereocenters. The minimum atomic E-state index is -0.991. The molecule has 0 heterocycles. The van der Waals surface area contributed by atoms with E-state index in [4.69, 9.17) is 11.6 Å². The van der Waals surface area contributed by atoms with Crippen LogP contribution in [0.3, 0.4) is 0 Å². The Morgan fingerprint density at radius 3 is 2.44 bits per heavy atom. The Morgan fingerprint density at radius 2 is 2.00 bits per heavy atom. The molecule has 0 bridgehead atoms. The normalized spacial score (nSPS) is 13.4. The van der Waals surface area contributed by atoms with E-state index in [2.05, 4.69) is 4.74 Å². The topological polar surface area (TPSA) is 46.5 Å².